The molecule has 3 aromatic carbocycles. The first-order chi connectivity index (χ1) is 14.6. The van der Waals surface area contributed by atoms with Gasteiger partial charge in [-0.25, -0.2) is 4.79 Å². The average molecular weight is 402 g/mol. The molecule has 1 amide bonds. The lowest BCUT2D eigenvalue weighted by atomic mass is 10.1. The number of carbonyl (C=O) groups excluding carboxylic acids is 1. The maximum Gasteiger partial charge on any atom is 0.414 e. The van der Waals surface area contributed by atoms with Crippen LogP contribution in [-0.4, -0.2) is 12.7 Å². The molecule has 0 fully saturated rings. The molecule has 0 aromatic heterocycles. The minimum absolute atomic E-state index is 0.218. The molecular weight excluding hydrogens is 374 g/mol. The molecule has 0 radical (unpaired) electrons. The van der Waals surface area contributed by atoms with Crippen molar-refractivity contribution in [1.82, 2.24) is 0 Å². The highest BCUT2D eigenvalue weighted by Crippen LogP contribution is 2.26. The van der Waals surface area contributed by atoms with E-state index in [-0.39, 0.29) is 6.61 Å². The molecule has 0 aliphatic carbocycles. The molecule has 0 heterocycles. The van der Waals surface area contributed by atoms with Crippen LogP contribution in [0.5, 0.6) is 5.75 Å². The molecule has 0 bridgehead atoms. The molecule has 0 N–H and O–H groups in total. The number of benzene rings is 3. The molecule has 3 rings (SSSR count). The van der Waals surface area contributed by atoms with Crippen LogP contribution in [0.4, 0.5) is 10.5 Å². The predicted octanol–water partition coefficient (Wildman–Crippen LogP) is 6.21. The van der Waals surface area contributed by atoms with Gasteiger partial charge in [-0.3, -0.25) is 4.90 Å². The standard InChI is InChI=1S/C26H27NO3/c1-4-16-29-25-13-9-8-12-23(25)18-27(24-15-14-20(2)21(3)17-24)26(28)30-19-22-10-6-5-7-11-22/h4-15,17H,1,16,18-19H2,2-3H3. The molecule has 0 unspecified atom stereocenters. The molecule has 0 saturated carbocycles. The first-order valence-electron chi connectivity index (χ1n) is 9.95. The van der Waals surface area contributed by atoms with Crippen molar-refractivity contribution in [2.75, 3.05) is 11.5 Å². The molecule has 154 valence electrons. The van der Waals surface area contributed by atoms with E-state index >= 15 is 0 Å². The van der Waals surface area contributed by atoms with Gasteiger partial charge in [0, 0.05) is 11.3 Å². The van der Waals surface area contributed by atoms with Crippen molar-refractivity contribution in [3.05, 3.63) is 108 Å². The number of hydrogen-bond donors (Lipinski definition) is 0. The van der Waals surface area contributed by atoms with Crippen LogP contribution in [0.25, 0.3) is 0 Å². The monoisotopic (exact) mass is 401 g/mol. The molecule has 4 heteroatoms. The molecule has 0 aliphatic rings. The summed E-state index contributed by atoms with van der Waals surface area (Å²) in [6.45, 7) is 8.75. The average Bonchev–Trinajstić information content (AvgIpc) is 2.77. The van der Waals surface area contributed by atoms with Crippen molar-refractivity contribution < 1.29 is 14.3 Å². The van der Waals surface area contributed by atoms with Crippen LogP contribution in [0.2, 0.25) is 0 Å². The van der Waals surface area contributed by atoms with Crippen LogP contribution in [0.1, 0.15) is 22.3 Å². The Morgan fingerprint density at radius 2 is 1.70 bits per heavy atom. The molecular formula is C26H27NO3. The summed E-state index contributed by atoms with van der Waals surface area (Å²) >= 11 is 0. The summed E-state index contributed by atoms with van der Waals surface area (Å²) in [6.07, 6.45) is 1.30. The first-order valence-corrected chi connectivity index (χ1v) is 9.95. The second-order valence-corrected chi connectivity index (χ2v) is 7.10. The summed E-state index contributed by atoms with van der Waals surface area (Å²) in [7, 11) is 0. The summed E-state index contributed by atoms with van der Waals surface area (Å²) in [4.78, 5) is 14.7. The number of carbonyl (C=O) groups is 1. The van der Waals surface area contributed by atoms with Gasteiger partial charge < -0.3 is 9.47 Å². The van der Waals surface area contributed by atoms with Crippen LogP contribution in [-0.2, 0) is 17.9 Å². The van der Waals surface area contributed by atoms with Crippen molar-refractivity contribution in [2.24, 2.45) is 0 Å². The molecule has 3 aromatic rings. The van der Waals surface area contributed by atoms with Gasteiger partial charge in [-0.05, 0) is 48.7 Å². The van der Waals surface area contributed by atoms with E-state index in [1.165, 1.54) is 5.56 Å². The van der Waals surface area contributed by atoms with Crippen LogP contribution < -0.4 is 9.64 Å². The zero-order valence-electron chi connectivity index (χ0n) is 17.5. The van der Waals surface area contributed by atoms with E-state index in [0.29, 0.717) is 13.2 Å². The van der Waals surface area contributed by atoms with Gasteiger partial charge in [0.05, 0.1) is 6.54 Å². The Morgan fingerprint density at radius 1 is 0.967 bits per heavy atom. The molecule has 0 spiro atoms. The third kappa shape index (κ3) is 5.51. The Balaban J connectivity index is 1.87. The lowest BCUT2D eigenvalue weighted by Crippen LogP contribution is -2.31. The Morgan fingerprint density at radius 3 is 2.43 bits per heavy atom. The molecule has 0 atom stereocenters. The van der Waals surface area contributed by atoms with Gasteiger partial charge in [0.1, 0.15) is 19.0 Å². The van der Waals surface area contributed by atoms with Crippen LogP contribution in [0, 0.1) is 13.8 Å². The Hall–Kier alpha value is -3.53. The van der Waals surface area contributed by atoms with E-state index in [2.05, 4.69) is 13.5 Å². The highest BCUT2D eigenvalue weighted by atomic mass is 16.6. The van der Waals surface area contributed by atoms with Gasteiger partial charge in [-0.1, -0.05) is 67.3 Å². The fraction of sp³-hybridized carbons (Fsp3) is 0.192. The molecule has 0 saturated heterocycles. The third-order valence-corrected chi connectivity index (χ3v) is 4.89. The van der Waals surface area contributed by atoms with Crippen LogP contribution in [0.15, 0.2) is 85.5 Å². The topological polar surface area (TPSA) is 38.8 Å². The van der Waals surface area contributed by atoms with Crippen molar-refractivity contribution in [3.63, 3.8) is 0 Å². The summed E-state index contributed by atoms with van der Waals surface area (Å²) in [5, 5.41) is 0. The van der Waals surface area contributed by atoms with E-state index in [1.807, 2.05) is 79.7 Å². The van der Waals surface area contributed by atoms with Crippen molar-refractivity contribution in [3.8, 4) is 5.75 Å². The Bertz CT molecular complexity index is 998. The smallest absolute Gasteiger partial charge is 0.414 e. The number of aryl methyl sites for hydroxylation is 2. The lowest BCUT2D eigenvalue weighted by molar-refractivity contribution is 0.146. The van der Waals surface area contributed by atoms with Crippen molar-refractivity contribution in [2.45, 2.75) is 27.0 Å². The van der Waals surface area contributed by atoms with Gasteiger partial charge in [-0.2, -0.15) is 0 Å². The fourth-order valence-corrected chi connectivity index (χ4v) is 3.05. The zero-order valence-corrected chi connectivity index (χ0v) is 17.5. The SMILES string of the molecule is C=CCOc1ccccc1CN(C(=O)OCc1ccccc1)c1ccc(C)c(C)c1. The molecule has 30 heavy (non-hydrogen) atoms. The third-order valence-electron chi connectivity index (χ3n) is 4.89. The largest absolute Gasteiger partial charge is 0.489 e. The molecule has 0 aliphatic heterocycles. The highest BCUT2D eigenvalue weighted by molar-refractivity contribution is 5.88. The number of para-hydroxylation sites is 1. The van der Waals surface area contributed by atoms with E-state index in [0.717, 1.165) is 28.1 Å². The van der Waals surface area contributed by atoms with E-state index in [9.17, 15) is 4.79 Å². The van der Waals surface area contributed by atoms with Crippen molar-refractivity contribution >= 4 is 11.8 Å². The van der Waals surface area contributed by atoms with Crippen LogP contribution >= 0.6 is 0 Å². The van der Waals surface area contributed by atoms with Gasteiger partial charge >= 0.3 is 6.09 Å². The van der Waals surface area contributed by atoms with E-state index in [4.69, 9.17) is 9.47 Å². The van der Waals surface area contributed by atoms with Gasteiger partial charge in [0.25, 0.3) is 0 Å². The number of nitrogens with zero attached hydrogens (tertiary/aromatic N) is 1. The maximum atomic E-state index is 13.1. The number of rotatable bonds is 8. The summed E-state index contributed by atoms with van der Waals surface area (Å²) in [6, 6.07) is 23.3. The number of anilines is 1. The normalized spacial score (nSPS) is 10.3. The number of ether oxygens (including phenoxy) is 2. The van der Waals surface area contributed by atoms with Gasteiger partial charge in [-0.15, -0.1) is 0 Å². The maximum absolute atomic E-state index is 13.1. The van der Waals surface area contributed by atoms with Crippen LogP contribution in [0.3, 0.4) is 0 Å². The number of amides is 1. The van der Waals surface area contributed by atoms with Crippen molar-refractivity contribution in [1.29, 1.82) is 0 Å². The number of hydrogen-bond acceptors (Lipinski definition) is 3. The minimum atomic E-state index is -0.402. The Kier molecular flexibility index (Phi) is 7.28. The summed E-state index contributed by atoms with van der Waals surface area (Å²) < 4.78 is 11.4. The van der Waals surface area contributed by atoms with Gasteiger partial charge in [0.2, 0.25) is 0 Å². The fourth-order valence-electron chi connectivity index (χ4n) is 3.05. The molecule has 4 nitrogen and oxygen atoms in total. The predicted molar refractivity (Wildman–Crippen MR) is 121 cm³/mol. The summed E-state index contributed by atoms with van der Waals surface area (Å²) in [5.74, 6) is 0.724. The minimum Gasteiger partial charge on any atom is -0.489 e. The second-order valence-electron chi connectivity index (χ2n) is 7.10. The Labute approximate surface area is 178 Å². The lowest BCUT2D eigenvalue weighted by Gasteiger charge is -2.24. The summed E-state index contributed by atoms with van der Waals surface area (Å²) in [5.41, 5.74) is 4.92. The highest BCUT2D eigenvalue weighted by Gasteiger charge is 2.20. The first kappa shape index (κ1) is 21.2. The second kappa shape index (κ2) is 10.3. The van der Waals surface area contributed by atoms with E-state index < -0.39 is 6.09 Å². The van der Waals surface area contributed by atoms with E-state index in [1.54, 1.807) is 11.0 Å². The quantitative estimate of drug-likeness (QED) is 0.421. The van der Waals surface area contributed by atoms with Gasteiger partial charge in [0.15, 0.2) is 0 Å². The zero-order chi connectivity index (χ0) is 21.3.